The Kier molecular flexibility index (Phi) is 3.52. The highest BCUT2D eigenvalue weighted by atomic mass is 35.5. The van der Waals surface area contributed by atoms with Crippen molar-refractivity contribution in [3.63, 3.8) is 0 Å². The lowest BCUT2D eigenvalue weighted by Crippen LogP contribution is -2.40. The van der Waals surface area contributed by atoms with Crippen LogP contribution in [0.1, 0.15) is 25.6 Å². The number of hydrogen-bond acceptors (Lipinski definition) is 5. The Morgan fingerprint density at radius 1 is 1.50 bits per heavy atom. The maximum absolute atomic E-state index is 6.07. The molecule has 0 bridgehead atoms. The summed E-state index contributed by atoms with van der Waals surface area (Å²) in [7, 11) is 1.58. The number of fused-ring (bicyclic) bond motifs is 1. The molecule has 0 N–H and O–H groups in total. The second-order valence-corrected chi connectivity index (χ2v) is 5.47. The van der Waals surface area contributed by atoms with E-state index in [4.69, 9.17) is 21.1 Å². The van der Waals surface area contributed by atoms with E-state index in [0.717, 1.165) is 30.9 Å². The highest BCUT2D eigenvalue weighted by molar-refractivity contribution is 6.16. The molecular formula is C13H17ClN4O2. The first-order chi connectivity index (χ1) is 9.69. The number of methoxy groups -OCH3 is 1. The van der Waals surface area contributed by atoms with E-state index in [1.54, 1.807) is 7.11 Å². The van der Waals surface area contributed by atoms with Crippen molar-refractivity contribution in [2.24, 2.45) is 0 Å². The molecule has 2 aromatic rings. The smallest absolute Gasteiger partial charge is 0.245 e. The monoisotopic (exact) mass is 296 g/mol. The van der Waals surface area contributed by atoms with Crippen LogP contribution in [0.5, 0.6) is 5.88 Å². The zero-order valence-corrected chi connectivity index (χ0v) is 12.4. The summed E-state index contributed by atoms with van der Waals surface area (Å²) in [5.74, 6) is 1.56. The van der Waals surface area contributed by atoms with Crippen LogP contribution in [0.2, 0.25) is 0 Å². The van der Waals surface area contributed by atoms with Gasteiger partial charge in [0.05, 0.1) is 25.1 Å². The summed E-state index contributed by atoms with van der Waals surface area (Å²) < 4.78 is 13.0. The Morgan fingerprint density at radius 2 is 2.35 bits per heavy atom. The van der Waals surface area contributed by atoms with E-state index in [1.165, 1.54) is 6.33 Å². The Morgan fingerprint density at radius 3 is 3.00 bits per heavy atom. The molecule has 0 radical (unpaired) electrons. The summed E-state index contributed by atoms with van der Waals surface area (Å²) in [6.45, 7) is 3.59. The predicted molar refractivity (Wildman–Crippen MR) is 75.1 cm³/mol. The van der Waals surface area contributed by atoms with Gasteiger partial charge >= 0.3 is 0 Å². The molecule has 108 valence electrons. The molecule has 1 atom stereocenters. The first-order valence-electron chi connectivity index (χ1n) is 6.60. The normalized spacial score (nSPS) is 23.1. The molecule has 1 aliphatic heterocycles. The fraction of sp³-hybridized carbons (Fsp3) is 0.615. The summed E-state index contributed by atoms with van der Waals surface area (Å²) in [6, 6.07) is 0. The fourth-order valence-corrected chi connectivity index (χ4v) is 3.00. The number of aromatic nitrogens is 4. The minimum Gasteiger partial charge on any atom is -0.479 e. The quantitative estimate of drug-likeness (QED) is 0.812. The van der Waals surface area contributed by atoms with Gasteiger partial charge in [-0.2, -0.15) is 4.98 Å². The first kappa shape index (κ1) is 13.6. The number of rotatable bonds is 3. The third kappa shape index (κ3) is 2.03. The van der Waals surface area contributed by atoms with Gasteiger partial charge in [-0.1, -0.05) is 0 Å². The van der Waals surface area contributed by atoms with Gasteiger partial charge in [0.2, 0.25) is 5.88 Å². The van der Waals surface area contributed by atoms with E-state index >= 15 is 0 Å². The van der Waals surface area contributed by atoms with Crippen molar-refractivity contribution in [1.82, 2.24) is 19.5 Å². The number of imidazole rings is 1. The van der Waals surface area contributed by atoms with Gasteiger partial charge in [0, 0.05) is 6.61 Å². The summed E-state index contributed by atoms with van der Waals surface area (Å²) in [5, 5.41) is 0. The third-order valence-electron chi connectivity index (χ3n) is 3.75. The van der Waals surface area contributed by atoms with Crippen LogP contribution in [0.25, 0.3) is 11.2 Å². The molecule has 1 aliphatic rings. The van der Waals surface area contributed by atoms with E-state index < -0.39 is 0 Å². The number of ether oxygens (including phenoxy) is 2. The molecule has 2 aromatic heterocycles. The number of nitrogens with zero attached hydrogens (tertiary/aromatic N) is 4. The zero-order valence-electron chi connectivity index (χ0n) is 11.6. The number of alkyl halides is 1. The van der Waals surface area contributed by atoms with E-state index in [2.05, 4.69) is 26.4 Å². The van der Waals surface area contributed by atoms with Crippen molar-refractivity contribution in [2.75, 3.05) is 20.3 Å². The highest BCUT2D eigenvalue weighted by Gasteiger charge is 2.34. The van der Waals surface area contributed by atoms with Crippen LogP contribution in [0.15, 0.2) is 6.33 Å². The maximum Gasteiger partial charge on any atom is 0.245 e. The molecule has 3 rings (SSSR count). The van der Waals surface area contributed by atoms with E-state index in [9.17, 15) is 0 Å². The summed E-state index contributed by atoms with van der Waals surface area (Å²) in [5.41, 5.74) is 1.22. The lowest BCUT2D eigenvalue weighted by Gasteiger charge is -2.36. The second kappa shape index (κ2) is 5.18. The predicted octanol–water partition coefficient (Wildman–Crippen LogP) is 2.10. The molecule has 6 nitrogen and oxygen atoms in total. The van der Waals surface area contributed by atoms with Crippen molar-refractivity contribution in [3.8, 4) is 5.88 Å². The molecular weight excluding hydrogens is 280 g/mol. The van der Waals surface area contributed by atoms with E-state index in [1.807, 2.05) is 0 Å². The maximum atomic E-state index is 6.07. The number of hydrogen-bond donors (Lipinski definition) is 0. The average Bonchev–Trinajstić information content (AvgIpc) is 2.87. The minimum absolute atomic E-state index is 0.184. The van der Waals surface area contributed by atoms with Gasteiger partial charge in [0.1, 0.15) is 12.2 Å². The van der Waals surface area contributed by atoms with Gasteiger partial charge in [-0.3, -0.25) is 0 Å². The SMILES string of the molecule is COc1ncnc2c1nc(CCl)n2C1(C)CCCOC1. The van der Waals surface area contributed by atoms with Crippen molar-refractivity contribution in [3.05, 3.63) is 12.2 Å². The average molecular weight is 297 g/mol. The Bertz CT molecular complexity index is 622. The number of halogens is 1. The van der Waals surface area contributed by atoms with E-state index in [0.29, 0.717) is 23.9 Å². The first-order valence-corrected chi connectivity index (χ1v) is 7.13. The van der Waals surface area contributed by atoms with Gasteiger partial charge in [0.25, 0.3) is 0 Å². The van der Waals surface area contributed by atoms with Crippen molar-refractivity contribution < 1.29 is 9.47 Å². The fourth-order valence-electron chi connectivity index (χ4n) is 2.82. The minimum atomic E-state index is -0.184. The molecule has 20 heavy (non-hydrogen) atoms. The molecule has 0 amide bonds. The van der Waals surface area contributed by atoms with Gasteiger partial charge in [0.15, 0.2) is 11.2 Å². The van der Waals surface area contributed by atoms with Crippen LogP contribution < -0.4 is 4.74 Å². The molecule has 7 heteroatoms. The van der Waals surface area contributed by atoms with Crippen molar-refractivity contribution in [1.29, 1.82) is 0 Å². The topological polar surface area (TPSA) is 62.1 Å². The third-order valence-corrected chi connectivity index (χ3v) is 3.99. The van der Waals surface area contributed by atoms with Crippen LogP contribution in [-0.4, -0.2) is 39.8 Å². The molecule has 0 aromatic carbocycles. The Labute approximate surface area is 122 Å². The largest absolute Gasteiger partial charge is 0.479 e. The van der Waals surface area contributed by atoms with Gasteiger partial charge in [-0.05, 0) is 19.8 Å². The second-order valence-electron chi connectivity index (χ2n) is 5.21. The van der Waals surface area contributed by atoms with Crippen molar-refractivity contribution in [2.45, 2.75) is 31.2 Å². The summed E-state index contributed by atoms with van der Waals surface area (Å²) >= 11 is 6.07. The van der Waals surface area contributed by atoms with Crippen LogP contribution in [-0.2, 0) is 16.2 Å². The van der Waals surface area contributed by atoms with E-state index in [-0.39, 0.29) is 5.54 Å². The van der Waals surface area contributed by atoms with Crippen molar-refractivity contribution >= 4 is 22.8 Å². The van der Waals surface area contributed by atoms with Gasteiger partial charge in [-0.15, -0.1) is 11.6 Å². The summed E-state index contributed by atoms with van der Waals surface area (Å²) in [4.78, 5) is 13.0. The lowest BCUT2D eigenvalue weighted by molar-refractivity contribution is 0.0101. The van der Waals surface area contributed by atoms with Crippen LogP contribution in [0, 0.1) is 0 Å². The molecule has 1 unspecified atom stereocenters. The van der Waals surface area contributed by atoms with Gasteiger partial charge in [-0.25, -0.2) is 9.97 Å². The van der Waals surface area contributed by atoms with Crippen LogP contribution in [0.4, 0.5) is 0 Å². The Balaban J connectivity index is 2.22. The zero-order chi connectivity index (χ0) is 14.2. The van der Waals surface area contributed by atoms with Gasteiger partial charge < -0.3 is 14.0 Å². The van der Waals surface area contributed by atoms with Crippen LogP contribution >= 0.6 is 11.6 Å². The molecule has 1 fully saturated rings. The Hall–Kier alpha value is -1.40. The highest BCUT2D eigenvalue weighted by Crippen LogP contribution is 2.33. The lowest BCUT2D eigenvalue weighted by atomic mass is 9.94. The molecule has 3 heterocycles. The molecule has 0 aliphatic carbocycles. The standard InChI is InChI=1S/C13H17ClN4O2/c1-13(4-3-5-20-7-13)18-9(6-14)17-10-11(18)15-8-16-12(10)19-2/h8H,3-7H2,1-2H3. The summed E-state index contributed by atoms with van der Waals surface area (Å²) in [6.07, 6.45) is 3.51. The molecule has 0 spiro atoms. The molecule has 1 saturated heterocycles. The van der Waals surface area contributed by atoms with Crippen LogP contribution in [0.3, 0.4) is 0 Å². The molecule has 0 saturated carbocycles.